The number of benzene rings is 1. The molecule has 0 radical (unpaired) electrons. The third-order valence-corrected chi connectivity index (χ3v) is 4.16. The molecule has 0 aliphatic carbocycles. The Hall–Kier alpha value is -2.73. The summed E-state index contributed by atoms with van der Waals surface area (Å²) >= 11 is 1.60. The predicted octanol–water partition coefficient (Wildman–Crippen LogP) is 4.25. The van der Waals surface area contributed by atoms with E-state index in [1.54, 1.807) is 23.6 Å². The Labute approximate surface area is 131 Å². The van der Waals surface area contributed by atoms with Gasteiger partial charge in [0, 0.05) is 17.1 Å². The first-order chi connectivity index (χ1) is 10.8. The molecule has 110 valence electrons. The molecule has 0 bridgehead atoms. The van der Waals surface area contributed by atoms with Crippen LogP contribution in [0.5, 0.6) is 0 Å². The summed E-state index contributed by atoms with van der Waals surface area (Å²) < 4.78 is 0. The third kappa shape index (κ3) is 2.96. The zero-order chi connectivity index (χ0) is 15.4. The number of aromatic nitrogens is 1. The minimum atomic E-state index is -0.425. The highest BCUT2D eigenvalue weighted by atomic mass is 32.1. The molecule has 3 aromatic rings. The largest absolute Gasteiger partial charge is 0.353 e. The molecular weight excluding hydrogens is 298 g/mol. The number of thiophene rings is 1. The standard InChI is InChI=1S/C16H13N3O2S/c20-19(21)13-8-4-10-17-16(13)18-15(14-9-5-11-22-14)12-6-2-1-3-7-12/h1-11,15H,(H,17,18)/t15-/m0/s1. The van der Waals surface area contributed by atoms with Gasteiger partial charge in [0.2, 0.25) is 5.82 Å². The maximum atomic E-state index is 11.2. The Morgan fingerprint density at radius 1 is 1.09 bits per heavy atom. The summed E-state index contributed by atoms with van der Waals surface area (Å²) in [6.45, 7) is 0. The number of pyridine rings is 1. The molecule has 0 saturated heterocycles. The lowest BCUT2D eigenvalue weighted by atomic mass is 10.1. The van der Waals surface area contributed by atoms with Gasteiger partial charge in [-0.05, 0) is 23.1 Å². The van der Waals surface area contributed by atoms with E-state index >= 15 is 0 Å². The van der Waals surface area contributed by atoms with Gasteiger partial charge >= 0.3 is 5.69 Å². The summed E-state index contributed by atoms with van der Waals surface area (Å²) in [6.07, 6.45) is 1.55. The Kier molecular flexibility index (Phi) is 4.11. The summed E-state index contributed by atoms with van der Waals surface area (Å²) in [5.74, 6) is 0.273. The maximum Gasteiger partial charge on any atom is 0.311 e. The molecule has 2 heterocycles. The molecule has 0 aliphatic rings. The molecule has 1 atom stereocenters. The van der Waals surface area contributed by atoms with Crippen LogP contribution >= 0.6 is 11.3 Å². The van der Waals surface area contributed by atoms with Gasteiger partial charge in [0.15, 0.2) is 0 Å². The SMILES string of the molecule is O=[N+]([O-])c1cccnc1N[C@@H](c1ccccc1)c1cccs1. The van der Waals surface area contributed by atoms with Gasteiger partial charge in [0.1, 0.15) is 0 Å². The van der Waals surface area contributed by atoms with Crippen molar-refractivity contribution in [2.45, 2.75) is 6.04 Å². The van der Waals surface area contributed by atoms with E-state index in [0.29, 0.717) is 0 Å². The van der Waals surface area contributed by atoms with Crippen molar-refractivity contribution in [1.82, 2.24) is 4.98 Å². The Bertz CT molecular complexity index is 760. The van der Waals surface area contributed by atoms with E-state index in [2.05, 4.69) is 10.3 Å². The van der Waals surface area contributed by atoms with E-state index in [4.69, 9.17) is 0 Å². The fraction of sp³-hybridized carbons (Fsp3) is 0.0625. The molecule has 0 aliphatic heterocycles. The summed E-state index contributed by atoms with van der Waals surface area (Å²) in [6, 6.07) is 16.6. The van der Waals surface area contributed by atoms with Crippen molar-refractivity contribution in [3.05, 3.63) is 86.7 Å². The van der Waals surface area contributed by atoms with E-state index in [1.807, 2.05) is 47.8 Å². The minimum Gasteiger partial charge on any atom is -0.353 e. The fourth-order valence-electron chi connectivity index (χ4n) is 2.21. The van der Waals surface area contributed by atoms with Crippen LogP contribution in [-0.4, -0.2) is 9.91 Å². The van der Waals surface area contributed by atoms with Crippen LogP contribution < -0.4 is 5.32 Å². The van der Waals surface area contributed by atoms with E-state index in [0.717, 1.165) is 10.4 Å². The molecular formula is C16H13N3O2S. The van der Waals surface area contributed by atoms with Crippen molar-refractivity contribution in [3.63, 3.8) is 0 Å². The number of rotatable bonds is 5. The molecule has 3 rings (SSSR count). The topological polar surface area (TPSA) is 68.1 Å². The Balaban J connectivity index is 2.00. The summed E-state index contributed by atoms with van der Waals surface area (Å²) in [5, 5.41) is 16.3. The van der Waals surface area contributed by atoms with E-state index in [1.165, 1.54) is 6.07 Å². The van der Waals surface area contributed by atoms with Crippen molar-refractivity contribution in [2.24, 2.45) is 0 Å². The zero-order valence-electron chi connectivity index (χ0n) is 11.5. The van der Waals surface area contributed by atoms with Crippen LogP contribution in [0.2, 0.25) is 0 Å². The van der Waals surface area contributed by atoms with Crippen molar-refractivity contribution in [3.8, 4) is 0 Å². The quantitative estimate of drug-likeness (QED) is 0.565. The number of anilines is 1. The van der Waals surface area contributed by atoms with Crippen LogP contribution in [0, 0.1) is 10.1 Å². The molecule has 22 heavy (non-hydrogen) atoms. The molecule has 0 amide bonds. The Morgan fingerprint density at radius 2 is 1.91 bits per heavy atom. The molecule has 6 heteroatoms. The molecule has 0 unspecified atom stereocenters. The van der Waals surface area contributed by atoms with Crippen LogP contribution in [-0.2, 0) is 0 Å². The Morgan fingerprint density at radius 3 is 2.59 bits per heavy atom. The third-order valence-electron chi connectivity index (χ3n) is 3.22. The van der Waals surface area contributed by atoms with Crippen molar-refractivity contribution in [1.29, 1.82) is 0 Å². The van der Waals surface area contributed by atoms with Crippen LogP contribution in [0.25, 0.3) is 0 Å². The monoisotopic (exact) mass is 311 g/mol. The molecule has 2 aromatic heterocycles. The van der Waals surface area contributed by atoms with Gasteiger partial charge in [-0.3, -0.25) is 10.1 Å². The highest BCUT2D eigenvalue weighted by Crippen LogP contribution is 2.32. The molecule has 0 spiro atoms. The molecule has 0 saturated carbocycles. The predicted molar refractivity (Wildman–Crippen MR) is 87.1 cm³/mol. The van der Waals surface area contributed by atoms with Crippen LogP contribution in [0.15, 0.2) is 66.2 Å². The second-order valence-corrected chi connectivity index (χ2v) is 5.61. The average molecular weight is 311 g/mol. The first-order valence-electron chi connectivity index (χ1n) is 6.70. The lowest BCUT2D eigenvalue weighted by Gasteiger charge is -2.18. The van der Waals surface area contributed by atoms with Crippen molar-refractivity contribution in [2.75, 3.05) is 5.32 Å². The van der Waals surface area contributed by atoms with Crippen LogP contribution in [0.1, 0.15) is 16.5 Å². The molecule has 1 N–H and O–H groups in total. The maximum absolute atomic E-state index is 11.2. The minimum absolute atomic E-state index is 0.0278. The lowest BCUT2D eigenvalue weighted by Crippen LogP contribution is -2.13. The summed E-state index contributed by atoms with van der Waals surface area (Å²) in [4.78, 5) is 15.9. The highest BCUT2D eigenvalue weighted by molar-refractivity contribution is 7.10. The van der Waals surface area contributed by atoms with Crippen LogP contribution in [0.4, 0.5) is 11.5 Å². The highest BCUT2D eigenvalue weighted by Gasteiger charge is 2.21. The summed E-state index contributed by atoms with van der Waals surface area (Å²) in [5.41, 5.74) is 1.00. The van der Waals surface area contributed by atoms with Gasteiger partial charge in [0.25, 0.3) is 0 Å². The van der Waals surface area contributed by atoms with Gasteiger partial charge < -0.3 is 5.32 Å². The van der Waals surface area contributed by atoms with Gasteiger partial charge in [0.05, 0.1) is 11.0 Å². The molecule has 0 fully saturated rings. The lowest BCUT2D eigenvalue weighted by molar-refractivity contribution is -0.384. The van der Waals surface area contributed by atoms with E-state index < -0.39 is 4.92 Å². The normalized spacial score (nSPS) is 11.8. The van der Waals surface area contributed by atoms with Crippen molar-refractivity contribution >= 4 is 22.8 Å². The van der Waals surface area contributed by atoms with Crippen LogP contribution in [0.3, 0.4) is 0 Å². The molecule has 1 aromatic carbocycles. The van der Waals surface area contributed by atoms with Gasteiger partial charge in [-0.1, -0.05) is 36.4 Å². The smallest absolute Gasteiger partial charge is 0.311 e. The average Bonchev–Trinajstić information content (AvgIpc) is 3.08. The number of hydrogen-bond donors (Lipinski definition) is 1. The number of nitrogens with zero attached hydrogens (tertiary/aromatic N) is 2. The van der Waals surface area contributed by atoms with E-state index in [9.17, 15) is 10.1 Å². The van der Waals surface area contributed by atoms with Crippen molar-refractivity contribution < 1.29 is 4.92 Å². The zero-order valence-corrected chi connectivity index (χ0v) is 12.4. The number of hydrogen-bond acceptors (Lipinski definition) is 5. The number of nitrogens with one attached hydrogen (secondary N) is 1. The van der Waals surface area contributed by atoms with E-state index in [-0.39, 0.29) is 17.5 Å². The fourth-order valence-corrected chi connectivity index (χ4v) is 3.01. The van der Waals surface area contributed by atoms with Gasteiger partial charge in [-0.2, -0.15) is 0 Å². The first kappa shape index (κ1) is 14.2. The van der Waals surface area contributed by atoms with Gasteiger partial charge in [-0.25, -0.2) is 4.98 Å². The van der Waals surface area contributed by atoms with Gasteiger partial charge in [-0.15, -0.1) is 11.3 Å². The summed E-state index contributed by atoms with van der Waals surface area (Å²) in [7, 11) is 0. The molecule has 5 nitrogen and oxygen atoms in total. The second-order valence-electron chi connectivity index (χ2n) is 4.63. The second kappa shape index (κ2) is 6.36. The first-order valence-corrected chi connectivity index (χ1v) is 7.58. The number of nitro groups is 1.